The van der Waals surface area contributed by atoms with Gasteiger partial charge in [-0.25, -0.2) is 9.24 Å². The van der Waals surface area contributed by atoms with Gasteiger partial charge in [0.25, 0.3) is 5.69 Å². The van der Waals surface area contributed by atoms with Crippen LogP contribution in [0.3, 0.4) is 0 Å². The highest BCUT2D eigenvalue weighted by Crippen LogP contribution is 2.18. The van der Waals surface area contributed by atoms with Gasteiger partial charge in [-0.15, -0.1) is 0 Å². The highest BCUT2D eigenvalue weighted by Gasteiger charge is 2.08. The largest absolute Gasteiger partial charge is 0.272 e. The molecule has 0 aliphatic rings. The minimum absolute atomic E-state index is 0. The predicted octanol–water partition coefficient (Wildman–Crippen LogP) is 10.9. The molecule has 216 valence electrons. The molecular weight excluding hydrogens is 511 g/mol. The molecule has 4 nitrogen and oxygen atoms in total. The molecule has 4 aromatic rings. The standard InChI is InChI=1S/C11H11N.C8H9F.C8H9NO2.C8H10.CH4/c1-9-4-6-11(7-5-9)8-10(2)12-3;1-6-3-4-7(2)8(9)5-6;1-6-3-4-7(2)8(5-6)9(10)11;1-7-3-5-8(2)6-4-7;/h4-8H,1-2H3;3-5H,1-2H3;3-5H,1-2H3;3-6H,1-2H3;1H4/b10-8-;;;;. The van der Waals surface area contributed by atoms with Gasteiger partial charge in [0.2, 0.25) is 0 Å². The van der Waals surface area contributed by atoms with Crippen LogP contribution in [0.2, 0.25) is 0 Å². The van der Waals surface area contributed by atoms with E-state index < -0.39 is 0 Å². The SMILES string of the molecule is C.Cc1ccc(C)c(F)c1.Cc1ccc(C)c([N+](=O)[O-])c1.Cc1ccc(C)cc1.[C-]#[N+]/C(C)=C\c1ccc(C)cc1. The Bertz CT molecular complexity index is 1430. The van der Waals surface area contributed by atoms with E-state index in [2.05, 4.69) is 49.9 Å². The first-order valence-electron chi connectivity index (χ1n) is 12.9. The number of hydrogen-bond acceptors (Lipinski definition) is 2. The zero-order chi connectivity index (χ0) is 30.2. The number of rotatable bonds is 2. The predicted molar refractivity (Wildman–Crippen MR) is 173 cm³/mol. The molecule has 0 radical (unpaired) electrons. The molecule has 0 atom stereocenters. The Hall–Kier alpha value is -4.56. The van der Waals surface area contributed by atoms with E-state index in [1.165, 1.54) is 22.8 Å². The number of aryl methyl sites for hydroxylation is 7. The topological polar surface area (TPSA) is 47.5 Å². The normalized spacial score (nSPS) is 9.71. The molecule has 4 aromatic carbocycles. The third kappa shape index (κ3) is 15.0. The second-order valence-electron chi connectivity index (χ2n) is 9.76. The van der Waals surface area contributed by atoms with Crippen molar-refractivity contribution in [1.82, 2.24) is 0 Å². The van der Waals surface area contributed by atoms with Gasteiger partial charge in [0.05, 0.1) is 11.5 Å². The Balaban J connectivity index is 0.000000522. The van der Waals surface area contributed by atoms with Gasteiger partial charge in [0.15, 0.2) is 5.70 Å². The maximum absolute atomic E-state index is 12.6. The highest BCUT2D eigenvalue weighted by molar-refractivity contribution is 5.54. The Morgan fingerprint density at radius 1 is 0.707 bits per heavy atom. The quantitative estimate of drug-likeness (QED) is 0.141. The number of nitro groups is 1. The molecule has 0 saturated heterocycles. The smallest absolute Gasteiger partial charge is 0.258 e. The molecule has 5 heteroatoms. The third-order valence-corrected chi connectivity index (χ3v) is 5.74. The Kier molecular flexibility index (Phi) is 16.6. The van der Waals surface area contributed by atoms with Crippen LogP contribution in [0.5, 0.6) is 0 Å². The van der Waals surface area contributed by atoms with Crippen molar-refractivity contribution in [2.24, 2.45) is 0 Å². The first kappa shape index (κ1) is 36.4. The van der Waals surface area contributed by atoms with E-state index >= 15 is 0 Å². The molecule has 0 heterocycles. The summed E-state index contributed by atoms with van der Waals surface area (Å²) in [5.41, 5.74) is 9.22. The van der Waals surface area contributed by atoms with Crippen LogP contribution in [0.25, 0.3) is 10.9 Å². The van der Waals surface area contributed by atoms with Crippen molar-refractivity contribution in [2.75, 3.05) is 0 Å². The zero-order valence-electron chi connectivity index (χ0n) is 24.7. The molecule has 0 N–H and O–H groups in total. The molecule has 0 fully saturated rings. The number of nitro benzene ring substituents is 1. The summed E-state index contributed by atoms with van der Waals surface area (Å²) in [7, 11) is 0. The van der Waals surface area contributed by atoms with Crippen LogP contribution in [0.15, 0.2) is 90.6 Å². The summed E-state index contributed by atoms with van der Waals surface area (Å²) < 4.78 is 12.6. The van der Waals surface area contributed by atoms with Gasteiger partial charge in [-0.3, -0.25) is 10.1 Å². The van der Waals surface area contributed by atoms with E-state index in [9.17, 15) is 14.5 Å². The van der Waals surface area contributed by atoms with Gasteiger partial charge in [-0.2, -0.15) is 0 Å². The molecular formula is C36H43FN2O2. The summed E-state index contributed by atoms with van der Waals surface area (Å²) in [6.45, 7) is 22.0. The third-order valence-electron chi connectivity index (χ3n) is 5.74. The molecule has 0 unspecified atom stereocenters. The average molecular weight is 555 g/mol. The van der Waals surface area contributed by atoms with Gasteiger partial charge in [-0.1, -0.05) is 103 Å². The fraction of sp³-hybridized carbons (Fsp3) is 0.250. The number of halogens is 1. The summed E-state index contributed by atoms with van der Waals surface area (Å²) in [5.74, 6) is -0.116. The van der Waals surface area contributed by atoms with Gasteiger partial charge in [-0.05, 0) is 83.7 Å². The molecule has 0 aromatic heterocycles. The van der Waals surface area contributed by atoms with Crippen molar-refractivity contribution in [2.45, 2.75) is 62.8 Å². The summed E-state index contributed by atoms with van der Waals surface area (Å²) in [4.78, 5) is 13.3. The highest BCUT2D eigenvalue weighted by atomic mass is 19.1. The molecule has 0 amide bonds. The fourth-order valence-electron chi connectivity index (χ4n) is 3.19. The van der Waals surface area contributed by atoms with Crippen molar-refractivity contribution in [3.05, 3.63) is 162 Å². The Morgan fingerprint density at radius 3 is 1.46 bits per heavy atom. The van der Waals surface area contributed by atoms with Crippen LogP contribution in [0, 0.1) is 71.0 Å². The molecule has 41 heavy (non-hydrogen) atoms. The second-order valence-corrected chi connectivity index (χ2v) is 9.76. The first-order chi connectivity index (χ1) is 18.8. The van der Waals surface area contributed by atoms with E-state index in [4.69, 9.17) is 6.57 Å². The number of nitrogens with zero attached hydrogens (tertiary/aromatic N) is 2. The molecule has 0 aliphatic heterocycles. The Morgan fingerprint density at radius 2 is 1.10 bits per heavy atom. The molecule has 0 bridgehead atoms. The van der Waals surface area contributed by atoms with Crippen LogP contribution in [0.1, 0.15) is 58.9 Å². The number of allylic oxidation sites excluding steroid dienone is 1. The molecule has 0 aliphatic carbocycles. The van der Waals surface area contributed by atoms with Crippen molar-refractivity contribution < 1.29 is 9.31 Å². The monoisotopic (exact) mass is 554 g/mol. The summed E-state index contributed by atoms with van der Waals surface area (Å²) in [6, 6.07) is 27.0. The van der Waals surface area contributed by atoms with Gasteiger partial charge < -0.3 is 0 Å². The minimum Gasteiger partial charge on any atom is -0.258 e. The lowest BCUT2D eigenvalue weighted by atomic mass is 10.1. The molecule has 0 spiro atoms. The van der Waals surface area contributed by atoms with Crippen LogP contribution < -0.4 is 0 Å². The first-order valence-corrected chi connectivity index (χ1v) is 12.9. The van der Waals surface area contributed by atoms with Gasteiger partial charge in [0.1, 0.15) is 5.82 Å². The molecule has 4 rings (SSSR count). The van der Waals surface area contributed by atoms with Gasteiger partial charge >= 0.3 is 0 Å². The molecule has 0 saturated carbocycles. The fourth-order valence-corrected chi connectivity index (χ4v) is 3.19. The average Bonchev–Trinajstić information content (AvgIpc) is 2.92. The van der Waals surface area contributed by atoms with Crippen LogP contribution >= 0.6 is 0 Å². The van der Waals surface area contributed by atoms with Crippen molar-refractivity contribution in [3.63, 3.8) is 0 Å². The number of hydrogen-bond donors (Lipinski definition) is 0. The van der Waals surface area contributed by atoms with E-state index in [-0.39, 0.29) is 23.9 Å². The van der Waals surface area contributed by atoms with Crippen LogP contribution in [-0.4, -0.2) is 4.92 Å². The van der Waals surface area contributed by atoms with Gasteiger partial charge in [0, 0.05) is 11.6 Å². The van der Waals surface area contributed by atoms with Crippen molar-refractivity contribution in [3.8, 4) is 0 Å². The maximum atomic E-state index is 12.6. The lowest BCUT2D eigenvalue weighted by Crippen LogP contribution is -1.91. The summed E-state index contributed by atoms with van der Waals surface area (Å²) in [6.07, 6.45) is 1.88. The van der Waals surface area contributed by atoms with Crippen molar-refractivity contribution in [1.29, 1.82) is 0 Å². The van der Waals surface area contributed by atoms with E-state index in [1.54, 1.807) is 32.0 Å². The lowest BCUT2D eigenvalue weighted by Gasteiger charge is -1.96. The Labute approximate surface area is 246 Å². The number of benzene rings is 4. The van der Waals surface area contributed by atoms with E-state index in [1.807, 2.05) is 63.2 Å². The van der Waals surface area contributed by atoms with Crippen LogP contribution in [0.4, 0.5) is 10.1 Å². The van der Waals surface area contributed by atoms with E-state index in [0.717, 1.165) is 22.4 Å². The minimum atomic E-state index is -0.359. The zero-order valence-corrected chi connectivity index (χ0v) is 24.7. The summed E-state index contributed by atoms with van der Waals surface area (Å²) in [5, 5.41) is 10.4. The summed E-state index contributed by atoms with van der Waals surface area (Å²) >= 11 is 0. The second kappa shape index (κ2) is 18.7. The maximum Gasteiger partial charge on any atom is 0.272 e. The lowest BCUT2D eigenvalue weighted by molar-refractivity contribution is -0.385. The van der Waals surface area contributed by atoms with E-state index in [0.29, 0.717) is 11.1 Å². The van der Waals surface area contributed by atoms with Crippen molar-refractivity contribution >= 4 is 11.8 Å². The van der Waals surface area contributed by atoms with Crippen LogP contribution in [-0.2, 0) is 0 Å².